The normalized spacial score (nSPS) is 11.4. The van der Waals surface area contributed by atoms with E-state index < -0.39 is 0 Å². The van der Waals surface area contributed by atoms with Gasteiger partial charge in [-0.1, -0.05) is 42.5 Å². The summed E-state index contributed by atoms with van der Waals surface area (Å²) in [5.74, 6) is 0.784. The molecular formula is C23H17N3S. The topological polar surface area (TPSA) is 38.7 Å². The minimum Gasteiger partial charge on any atom is -0.255 e. The molecule has 3 nitrogen and oxygen atoms in total. The van der Waals surface area contributed by atoms with E-state index in [1.807, 2.05) is 24.3 Å². The summed E-state index contributed by atoms with van der Waals surface area (Å²) < 4.78 is 0. The van der Waals surface area contributed by atoms with Crippen LogP contribution >= 0.6 is 12.6 Å². The number of aromatic nitrogens is 3. The zero-order chi connectivity index (χ0) is 18.2. The Morgan fingerprint density at radius 1 is 0.667 bits per heavy atom. The van der Waals surface area contributed by atoms with Crippen molar-refractivity contribution < 1.29 is 0 Å². The number of hydrogen-bond acceptors (Lipinski definition) is 4. The maximum Gasteiger partial charge on any atom is 0.0894 e. The molecule has 0 saturated carbocycles. The molecule has 0 saturated heterocycles. The van der Waals surface area contributed by atoms with Crippen molar-refractivity contribution in [3.05, 3.63) is 78.6 Å². The van der Waals surface area contributed by atoms with Crippen molar-refractivity contribution in [2.45, 2.75) is 6.42 Å². The second-order valence-electron chi connectivity index (χ2n) is 6.56. The third-order valence-electron chi connectivity index (χ3n) is 4.85. The first kappa shape index (κ1) is 16.2. The predicted octanol–water partition coefficient (Wildman–Crippen LogP) is 5.47. The van der Waals surface area contributed by atoms with Gasteiger partial charge >= 0.3 is 0 Å². The molecule has 0 aliphatic heterocycles. The maximum atomic E-state index is 4.98. The average Bonchev–Trinajstić information content (AvgIpc) is 2.73. The summed E-state index contributed by atoms with van der Waals surface area (Å²) in [6.45, 7) is 0. The van der Waals surface area contributed by atoms with E-state index in [-0.39, 0.29) is 0 Å². The number of aryl methyl sites for hydroxylation is 1. The summed E-state index contributed by atoms with van der Waals surface area (Å²) in [4.78, 5) is 14.4. The van der Waals surface area contributed by atoms with Gasteiger partial charge in [-0.15, -0.1) is 0 Å². The smallest absolute Gasteiger partial charge is 0.0894 e. The van der Waals surface area contributed by atoms with Gasteiger partial charge in [0.2, 0.25) is 0 Å². The fourth-order valence-electron chi connectivity index (χ4n) is 3.53. The zero-order valence-corrected chi connectivity index (χ0v) is 15.5. The van der Waals surface area contributed by atoms with E-state index in [0.29, 0.717) is 0 Å². The maximum absolute atomic E-state index is 4.98. The summed E-state index contributed by atoms with van der Waals surface area (Å²) in [6, 6.07) is 22.8. The Kier molecular flexibility index (Phi) is 3.98. The first-order valence-corrected chi connectivity index (χ1v) is 9.61. The fourth-order valence-corrected chi connectivity index (χ4v) is 3.76. The van der Waals surface area contributed by atoms with E-state index in [0.717, 1.165) is 61.8 Å². The molecule has 0 unspecified atom stereocenters. The lowest BCUT2D eigenvalue weighted by molar-refractivity contribution is 1.08. The van der Waals surface area contributed by atoms with E-state index in [1.165, 1.54) is 0 Å². The SMILES string of the molecule is SCCc1ccc2ccc3ccc4ccc(-c5ccccn5)nc4c3c2n1. The Bertz CT molecular complexity index is 1280. The lowest BCUT2D eigenvalue weighted by Gasteiger charge is -2.09. The van der Waals surface area contributed by atoms with E-state index in [4.69, 9.17) is 9.97 Å². The third kappa shape index (κ3) is 2.82. The number of pyridine rings is 3. The Hall–Kier alpha value is -2.98. The van der Waals surface area contributed by atoms with Gasteiger partial charge in [0.15, 0.2) is 0 Å². The summed E-state index contributed by atoms with van der Waals surface area (Å²) in [5.41, 5.74) is 4.78. The second-order valence-corrected chi connectivity index (χ2v) is 7.01. The van der Waals surface area contributed by atoms with Crippen LogP contribution in [0, 0.1) is 0 Å². The number of fused-ring (bicyclic) bond motifs is 5. The third-order valence-corrected chi connectivity index (χ3v) is 5.08. The van der Waals surface area contributed by atoms with Crippen molar-refractivity contribution >= 4 is 45.2 Å². The van der Waals surface area contributed by atoms with Crippen LogP contribution in [0.25, 0.3) is 44.0 Å². The summed E-state index contributed by atoms with van der Waals surface area (Å²) in [7, 11) is 0. The fraction of sp³-hybridized carbons (Fsp3) is 0.0870. The van der Waals surface area contributed by atoms with Crippen LogP contribution in [0.2, 0.25) is 0 Å². The molecule has 0 N–H and O–H groups in total. The highest BCUT2D eigenvalue weighted by Gasteiger charge is 2.10. The number of rotatable bonds is 3. The van der Waals surface area contributed by atoms with Gasteiger partial charge in [-0.05, 0) is 41.8 Å². The van der Waals surface area contributed by atoms with Crippen LogP contribution in [0.15, 0.2) is 72.9 Å². The van der Waals surface area contributed by atoms with Gasteiger partial charge in [-0.3, -0.25) is 9.97 Å². The highest BCUT2D eigenvalue weighted by atomic mass is 32.1. The van der Waals surface area contributed by atoms with Crippen LogP contribution in [-0.4, -0.2) is 20.7 Å². The number of nitrogens with zero attached hydrogens (tertiary/aromatic N) is 3. The molecule has 0 aliphatic carbocycles. The van der Waals surface area contributed by atoms with Gasteiger partial charge in [0.25, 0.3) is 0 Å². The first-order valence-electron chi connectivity index (χ1n) is 8.98. The summed E-state index contributed by atoms with van der Waals surface area (Å²) in [5, 5.41) is 4.49. The van der Waals surface area contributed by atoms with Crippen LogP contribution in [0.3, 0.4) is 0 Å². The zero-order valence-electron chi connectivity index (χ0n) is 14.6. The van der Waals surface area contributed by atoms with Crippen molar-refractivity contribution in [1.29, 1.82) is 0 Å². The minimum absolute atomic E-state index is 0.784. The molecule has 2 aromatic carbocycles. The Balaban J connectivity index is 1.87. The van der Waals surface area contributed by atoms with Gasteiger partial charge in [-0.2, -0.15) is 12.6 Å². The summed E-state index contributed by atoms with van der Waals surface area (Å²) in [6.07, 6.45) is 2.65. The first-order chi connectivity index (χ1) is 13.3. The molecule has 0 spiro atoms. The van der Waals surface area contributed by atoms with E-state index >= 15 is 0 Å². The van der Waals surface area contributed by atoms with Crippen LogP contribution in [0.5, 0.6) is 0 Å². The van der Waals surface area contributed by atoms with Gasteiger partial charge in [0.05, 0.1) is 22.4 Å². The number of thiol groups is 1. The summed E-state index contributed by atoms with van der Waals surface area (Å²) >= 11 is 4.35. The van der Waals surface area contributed by atoms with Crippen molar-refractivity contribution in [3.8, 4) is 11.4 Å². The Morgan fingerprint density at radius 2 is 1.37 bits per heavy atom. The molecule has 5 aromatic rings. The lowest BCUT2D eigenvalue weighted by atomic mass is 10.0. The predicted molar refractivity (Wildman–Crippen MR) is 115 cm³/mol. The average molecular weight is 367 g/mol. The molecule has 0 bridgehead atoms. The van der Waals surface area contributed by atoms with Gasteiger partial charge in [-0.25, -0.2) is 4.98 Å². The highest BCUT2D eigenvalue weighted by Crippen LogP contribution is 2.31. The molecule has 0 aliphatic rings. The highest BCUT2D eigenvalue weighted by molar-refractivity contribution is 7.80. The molecule has 3 aromatic heterocycles. The molecule has 3 heterocycles. The minimum atomic E-state index is 0.784. The Labute approximate surface area is 162 Å². The number of benzene rings is 2. The molecule has 0 amide bonds. The van der Waals surface area contributed by atoms with Crippen LogP contribution < -0.4 is 0 Å². The van der Waals surface area contributed by atoms with Crippen molar-refractivity contribution in [1.82, 2.24) is 15.0 Å². The molecule has 5 rings (SSSR count). The molecule has 0 radical (unpaired) electrons. The van der Waals surface area contributed by atoms with E-state index in [2.05, 4.69) is 60.1 Å². The number of hydrogen-bond donors (Lipinski definition) is 1. The second kappa shape index (κ2) is 6.63. The molecule has 130 valence electrons. The standard InChI is InChI=1S/C23H17N3S/c27-14-12-18-10-8-16-6-4-15-5-7-17-9-11-20(19-3-1-2-13-24-19)26-23(17)21(15)22(16)25-18/h1-11,13,27H,12,14H2. The van der Waals surface area contributed by atoms with E-state index in [1.54, 1.807) is 6.20 Å². The van der Waals surface area contributed by atoms with Crippen LogP contribution in [-0.2, 0) is 6.42 Å². The van der Waals surface area contributed by atoms with Gasteiger partial charge in [0, 0.05) is 28.0 Å². The monoisotopic (exact) mass is 367 g/mol. The largest absolute Gasteiger partial charge is 0.255 e. The molecule has 0 fully saturated rings. The van der Waals surface area contributed by atoms with E-state index in [9.17, 15) is 0 Å². The molecule has 0 atom stereocenters. The molecular weight excluding hydrogens is 350 g/mol. The van der Waals surface area contributed by atoms with Crippen LogP contribution in [0.1, 0.15) is 5.69 Å². The van der Waals surface area contributed by atoms with Crippen LogP contribution in [0.4, 0.5) is 0 Å². The Morgan fingerprint density at radius 3 is 2.11 bits per heavy atom. The van der Waals surface area contributed by atoms with Gasteiger partial charge < -0.3 is 0 Å². The van der Waals surface area contributed by atoms with Gasteiger partial charge in [0.1, 0.15) is 0 Å². The van der Waals surface area contributed by atoms with Crippen molar-refractivity contribution in [2.75, 3.05) is 5.75 Å². The quantitative estimate of drug-likeness (QED) is 0.339. The van der Waals surface area contributed by atoms with Crippen molar-refractivity contribution in [3.63, 3.8) is 0 Å². The molecule has 27 heavy (non-hydrogen) atoms. The lowest BCUT2D eigenvalue weighted by Crippen LogP contribution is -1.94. The van der Waals surface area contributed by atoms with Crippen molar-refractivity contribution in [2.24, 2.45) is 0 Å². The molecule has 4 heteroatoms.